The maximum atomic E-state index is 2.19. The van der Waals surface area contributed by atoms with Gasteiger partial charge in [0.05, 0.1) is 0 Å². The Morgan fingerprint density at radius 1 is 0.538 bits per heavy atom. The van der Waals surface area contributed by atoms with Gasteiger partial charge in [0.2, 0.25) is 0 Å². The standard InChI is InChI=1S/C13H20/c1-5-9-13(10-6-2,11-7-3)12-8-4/h5-12H,1-4H3/b9-5-,10-6-,11-7-,12-8-. The first-order valence-electron chi connectivity index (χ1n) is 4.80. The van der Waals surface area contributed by atoms with Gasteiger partial charge < -0.3 is 0 Å². The van der Waals surface area contributed by atoms with E-state index in [9.17, 15) is 0 Å². The van der Waals surface area contributed by atoms with Crippen molar-refractivity contribution in [2.24, 2.45) is 5.41 Å². The van der Waals surface area contributed by atoms with Crippen LogP contribution in [0.2, 0.25) is 0 Å². The fourth-order valence-corrected chi connectivity index (χ4v) is 1.49. The van der Waals surface area contributed by atoms with Crippen LogP contribution in [0.3, 0.4) is 0 Å². The van der Waals surface area contributed by atoms with Crippen LogP contribution in [-0.4, -0.2) is 0 Å². The van der Waals surface area contributed by atoms with Crippen LogP contribution in [-0.2, 0) is 0 Å². The predicted octanol–water partition coefficient (Wildman–Crippen LogP) is 4.28. The maximum absolute atomic E-state index is 2.19. The van der Waals surface area contributed by atoms with Crippen LogP contribution in [0, 0.1) is 5.41 Å². The van der Waals surface area contributed by atoms with Gasteiger partial charge >= 0.3 is 0 Å². The molecule has 0 bridgehead atoms. The molecular formula is C13H20. The highest BCUT2D eigenvalue weighted by Crippen LogP contribution is 2.25. The number of hydrogen-bond acceptors (Lipinski definition) is 0. The Balaban J connectivity index is 5.02. The topological polar surface area (TPSA) is 0 Å². The SMILES string of the molecule is C/C=C\C(/C=C\C)(/C=C\C)/C=C\C. The van der Waals surface area contributed by atoms with Crippen LogP contribution in [0.25, 0.3) is 0 Å². The van der Waals surface area contributed by atoms with Crippen molar-refractivity contribution in [3.8, 4) is 0 Å². The molecule has 0 fully saturated rings. The van der Waals surface area contributed by atoms with Crippen molar-refractivity contribution >= 4 is 0 Å². The molecule has 0 saturated heterocycles. The molecule has 0 rings (SSSR count). The van der Waals surface area contributed by atoms with Crippen LogP contribution < -0.4 is 0 Å². The van der Waals surface area contributed by atoms with Crippen LogP contribution in [0.5, 0.6) is 0 Å². The van der Waals surface area contributed by atoms with E-state index in [0.717, 1.165) is 0 Å². The molecule has 0 unspecified atom stereocenters. The van der Waals surface area contributed by atoms with E-state index in [0.29, 0.717) is 0 Å². The van der Waals surface area contributed by atoms with E-state index in [2.05, 4.69) is 48.6 Å². The lowest BCUT2D eigenvalue weighted by molar-refractivity contribution is 0.812. The average molecular weight is 176 g/mol. The molecule has 0 nitrogen and oxygen atoms in total. The molecule has 0 N–H and O–H groups in total. The monoisotopic (exact) mass is 176 g/mol. The first-order chi connectivity index (χ1) is 6.24. The third-order valence-electron chi connectivity index (χ3n) is 1.82. The lowest BCUT2D eigenvalue weighted by atomic mass is 9.86. The molecule has 0 heteroatoms. The van der Waals surface area contributed by atoms with Crippen molar-refractivity contribution < 1.29 is 0 Å². The molecule has 0 aliphatic rings. The molecule has 0 aromatic carbocycles. The number of hydrogen-bond donors (Lipinski definition) is 0. The largest absolute Gasteiger partial charge is 0.0902 e. The lowest BCUT2D eigenvalue weighted by Gasteiger charge is -2.18. The Hall–Kier alpha value is -1.04. The summed E-state index contributed by atoms with van der Waals surface area (Å²) in [5.41, 5.74) is -0.0208. The number of rotatable bonds is 4. The van der Waals surface area contributed by atoms with Crippen LogP contribution >= 0.6 is 0 Å². The highest BCUT2D eigenvalue weighted by atomic mass is 14.2. The summed E-state index contributed by atoms with van der Waals surface area (Å²) in [7, 11) is 0. The second-order valence-electron chi connectivity index (χ2n) is 3.00. The lowest BCUT2D eigenvalue weighted by Crippen LogP contribution is -2.06. The maximum Gasteiger partial charge on any atom is 0.0423 e. The van der Waals surface area contributed by atoms with Gasteiger partial charge in [0.1, 0.15) is 0 Å². The molecule has 0 spiro atoms. The third kappa shape index (κ3) is 3.93. The van der Waals surface area contributed by atoms with E-state index >= 15 is 0 Å². The molecule has 0 aliphatic heterocycles. The van der Waals surface area contributed by atoms with E-state index in [1.165, 1.54) is 0 Å². The molecule has 0 amide bonds. The summed E-state index contributed by atoms with van der Waals surface area (Å²) in [6.45, 7) is 8.19. The van der Waals surface area contributed by atoms with Gasteiger partial charge in [-0.15, -0.1) is 0 Å². The van der Waals surface area contributed by atoms with Crippen molar-refractivity contribution in [3.05, 3.63) is 48.6 Å². The summed E-state index contributed by atoms with van der Waals surface area (Å²) >= 11 is 0. The molecule has 13 heavy (non-hydrogen) atoms. The Morgan fingerprint density at radius 3 is 0.923 bits per heavy atom. The first kappa shape index (κ1) is 12.0. The van der Waals surface area contributed by atoms with E-state index in [1.54, 1.807) is 0 Å². The minimum Gasteiger partial charge on any atom is -0.0902 e. The van der Waals surface area contributed by atoms with Gasteiger partial charge in [0.25, 0.3) is 0 Å². The number of allylic oxidation sites excluding steroid dienone is 8. The van der Waals surface area contributed by atoms with Crippen LogP contribution in [0.4, 0.5) is 0 Å². The van der Waals surface area contributed by atoms with E-state index < -0.39 is 0 Å². The van der Waals surface area contributed by atoms with Gasteiger partial charge in [-0.05, 0) is 27.7 Å². The van der Waals surface area contributed by atoms with Crippen molar-refractivity contribution in [2.75, 3.05) is 0 Å². The molecule has 0 aliphatic carbocycles. The van der Waals surface area contributed by atoms with Gasteiger partial charge in [-0.1, -0.05) is 48.6 Å². The van der Waals surface area contributed by atoms with E-state index in [-0.39, 0.29) is 5.41 Å². The first-order valence-corrected chi connectivity index (χ1v) is 4.80. The van der Waals surface area contributed by atoms with Crippen molar-refractivity contribution in [2.45, 2.75) is 27.7 Å². The zero-order valence-electron chi connectivity index (χ0n) is 9.12. The minimum absolute atomic E-state index is 0.0208. The van der Waals surface area contributed by atoms with Gasteiger partial charge in [0, 0.05) is 5.41 Å². The van der Waals surface area contributed by atoms with E-state index in [4.69, 9.17) is 0 Å². The van der Waals surface area contributed by atoms with Gasteiger partial charge in [-0.2, -0.15) is 0 Å². The summed E-state index contributed by atoms with van der Waals surface area (Å²) in [4.78, 5) is 0. The van der Waals surface area contributed by atoms with Gasteiger partial charge in [-0.3, -0.25) is 0 Å². The summed E-state index contributed by atoms with van der Waals surface area (Å²) in [6.07, 6.45) is 17.1. The molecule has 0 atom stereocenters. The summed E-state index contributed by atoms with van der Waals surface area (Å²) in [5.74, 6) is 0. The van der Waals surface area contributed by atoms with Crippen molar-refractivity contribution in [3.63, 3.8) is 0 Å². The van der Waals surface area contributed by atoms with Crippen LogP contribution in [0.15, 0.2) is 48.6 Å². The fourth-order valence-electron chi connectivity index (χ4n) is 1.49. The van der Waals surface area contributed by atoms with Crippen LogP contribution in [0.1, 0.15) is 27.7 Å². The molecule has 0 heterocycles. The zero-order chi connectivity index (χ0) is 10.2. The smallest absolute Gasteiger partial charge is 0.0423 e. The Morgan fingerprint density at radius 2 is 0.769 bits per heavy atom. The quantitative estimate of drug-likeness (QED) is 0.561. The Bertz CT molecular complexity index is 173. The molecule has 0 aromatic rings. The molecule has 0 saturated carbocycles. The summed E-state index contributed by atoms with van der Waals surface area (Å²) < 4.78 is 0. The second kappa shape index (κ2) is 6.47. The Labute approximate surface area is 82.4 Å². The molecular weight excluding hydrogens is 156 g/mol. The average Bonchev–Trinajstić information content (AvgIpc) is 2.06. The molecule has 72 valence electrons. The summed E-state index contributed by atoms with van der Waals surface area (Å²) in [6, 6.07) is 0. The van der Waals surface area contributed by atoms with Gasteiger partial charge in [-0.25, -0.2) is 0 Å². The zero-order valence-corrected chi connectivity index (χ0v) is 9.12. The molecule has 0 radical (unpaired) electrons. The highest BCUT2D eigenvalue weighted by molar-refractivity contribution is 5.28. The van der Waals surface area contributed by atoms with E-state index in [1.807, 2.05) is 27.7 Å². The Kier molecular flexibility index (Phi) is 5.96. The predicted molar refractivity (Wildman–Crippen MR) is 61.7 cm³/mol. The van der Waals surface area contributed by atoms with Crippen molar-refractivity contribution in [1.29, 1.82) is 0 Å². The minimum atomic E-state index is -0.0208. The molecule has 0 aromatic heterocycles. The highest BCUT2D eigenvalue weighted by Gasteiger charge is 2.13. The second-order valence-corrected chi connectivity index (χ2v) is 3.00. The third-order valence-corrected chi connectivity index (χ3v) is 1.82. The van der Waals surface area contributed by atoms with Crippen molar-refractivity contribution in [1.82, 2.24) is 0 Å². The fraction of sp³-hybridized carbons (Fsp3) is 0.385. The normalized spacial score (nSPS) is 14.5. The summed E-state index contributed by atoms with van der Waals surface area (Å²) in [5, 5.41) is 0. The van der Waals surface area contributed by atoms with Gasteiger partial charge in [0.15, 0.2) is 0 Å².